The molecule has 67 heavy (non-hydrogen) atoms. The van der Waals surface area contributed by atoms with Gasteiger partial charge in [-0.05, 0) is 90.1 Å². The average molecular weight is 925 g/mol. The summed E-state index contributed by atoms with van der Waals surface area (Å²) in [4.78, 5) is 94.6. The highest BCUT2D eigenvalue weighted by atomic mass is 16.8. The van der Waals surface area contributed by atoms with Gasteiger partial charge in [-0.15, -0.1) is 0 Å². The molecule has 2 heterocycles. The summed E-state index contributed by atoms with van der Waals surface area (Å²) in [5.74, 6) is -6.38. The van der Waals surface area contributed by atoms with E-state index in [1.165, 1.54) is 69.3 Å². The lowest BCUT2D eigenvalue weighted by Gasteiger charge is -2.30. The number of rotatable bonds is 16. The molecule has 6 rings (SSSR count). The summed E-state index contributed by atoms with van der Waals surface area (Å²) >= 11 is 0. The Balaban J connectivity index is 1.44. The van der Waals surface area contributed by atoms with Crippen molar-refractivity contribution < 1.29 is 81.3 Å². The van der Waals surface area contributed by atoms with Gasteiger partial charge in [0.2, 0.25) is 6.10 Å². The van der Waals surface area contributed by atoms with Crippen LogP contribution in [0.5, 0.6) is 0 Å². The van der Waals surface area contributed by atoms with Gasteiger partial charge in [-0.3, -0.25) is 9.59 Å². The molecule has 1 N–H and O–H groups in total. The van der Waals surface area contributed by atoms with E-state index in [1.54, 1.807) is 93.6 Å². The normalized spacial score (nSPS) is 22.3. The summed E-state index contributed by atoms with van der Waals surface area (Å²) in [5.41, 5.74) is -1.84. The molecular formula is C50H52O17. The van der Waals surface area contributed by atoms with E-state index in [-0.39, 0.29) is 22.3 Å². The molecule has 0 saturated carbocycles. The second-order valence-electron chi connectivity index (χ2n) is 17.7. The van der Waals surface area contributed by atoms with Gasteiger partial charge < -0.3 is 47.7 Å². The minimum absolute atomic E-state index is 0.0426. The number of carbonyl (C=O) groups excluding carboxylic acids is 7. The quantitative estimate of drug-likeness (QED) is 0.109. The molecule has 2 saturated heterocycles. The summed E-state index contributed by atoms with van der Waals surface area (Å²) in [6.07, 6.45) is -15.9. The Labute approximate surface area is 386 Å². The van der Waals surface area contributed by atoms with Crippen molar-refractivity contribution in [1.29, 1.82) is 0 Å². The first-order valence-corrected chi connectivity index (χ1v) is 21.4. The van der Waals surface area contributed by atoms with E-state index in [9.17, 15) is 38.7 Å². The van der Waals surface area contributed by atoms with E-state index in [4.69, 9.17) is 42.6 Å². The summed E-state index contributed by atoms with van der Waals surface area (Å²) < 4.78 is 53.3. The molecule has 0 aliphatic carbocycles. The van der Waals surface area contributed by atoms with Gasteiger partial charge in [-0.25, -0.2) is 24.0 Å². The van der Waals surface area contributed by atoms with Crippen molar-refractivity contribution in [2.24, 2.45) is 10.8 Å². The van der Waals surface area contributed by atoms with E-state index < -0.39 is 121 Å². The van der Waals surface area contributed by atoms with E-state index in [2.05, 4.69) is 0 Å². The van der Waals surface area contributed by atoms with Crippen LogP contribution in [0.1, 0.15) is 83.0 Å². The van der Waals surface area contributed by atoms with Crippen molar-refractivity contribution in [1.82, 2.24) is 0 Å². The van der Waals surface area contributed by atoms with Gasteiger partial charge in [-0.1, -0.05) is 72.8 Å². The number of aliphatic hydroxyl groups is 1. The van der Waals surface area contributed by atoms with Crippen molar-refractivity contribution >= 4 is 41.8 Å². The highest BCUT2D eigenvalue weighted by molar-refractivity contribution is 5.91. The second kappa shape index (κ2) is 21.6. The van der Waals surface area contributed by atoms with Crippen molar-refractivity contribution in [3.8, 4) is 0 Å². The lowest BCUT2D eigenvalue weighted by molar-refractivity contribution is -0.233. The van der Waals surface area contributed by atoms with Gasteiger partial charge in [0.05, 0.1) is 33.1 Å². The maximum atomic E-state index is 14.0. The number of carbonyl (C=O) groups is 7. The van der Waals surface area contributed by atoms with Crippen LogP contribution < -0.4 is 0 Å². The molecule has 4 aromatic rings. The molecular weight excluding hydrogens is 873 g/mol. The molecule has 0 amide bonds. The molecule has 0 aromatic heterocycles. The Kier molecular flexibility index (Phi) is 15.9. The molecule has 17 heteroatoms. The van der Waals surface area contributed by atoms with Crippen LogP contribution in [-0.2, 0) is 57.0 Å². The van der Waals surface area contributed by atoms with Crippen molar-refractivity contribution in [2.75, 3.05) is 13.2 Å². The third-order valence-electron chi connectivity index (χ3n) is 10.4. The number of cyclic esters (lactones) is 1. The van der Waals surface area contributed by atoms with E-state index >= 15 is 0 Å². The van der Waals surface area contributed by atoms with Gasteiger partial charge in [0.25, 0.3) is 0 Å². The first kappa shape index (κ1) is 49.5. The second-order valence-corrected chi connectivity index (χ2v) is 17.7. The van der Waals surface area contributed by atoms with Crippen molar-refractivity contribution in [2.45, 2.75) is 96.7 Å². The number of ether oxygens (including phenoxy) is 9. The molecule has 0 bridgehead atoms. The van der Waals surface area contributed by atoms with Gasteiger partial charge in [0, 0.05) is 0 Å². The largest absolute Gasteiger partial charge is 0.462 e. The Morgan fingerprint density at radius 1 is 0.537 bits per heavy atom. The summed E-state index contributed by atoms with van der Waals surface area (Å²) in [6.45, 7) is 7.90. The Bertz CT molecular complexity index is 2360. The number of benzene rings is 4. The predicted molar refractivity (Wildman–Crippen MR) is 233 cm³/mol. The fraction of sp³-hybridized carbons (Fsp3) is 0.380. The maximum Gasteiger partial charge on any atom is 0.350 e. The Hall–Kier alpha value is -6.95. The Morgan fingerprint density at radius 3 is 1.45 bits per heavy atom. The van der Waals surface area contributed by atoms with Gasteiger partial charge in [0.1, 0.15) is 31.5 Å². The molecule has 2 aliphatic rings. The minimum atomic E-state index is -1.91. The van der Waals surface area contributed by atoms with E-state index in [1.807, 2.05) is 0 Å². The zero-order chi connectivity index (χ0) is 48.5. The molecule has 0 unspecified atom stereocenters. The molecule has 354 valence electrons. The number of hydrogen-bond donors (Lipinski definition) is 1. The van der Waals surface area contributed by atoms with Gasteiger partial charge in [-0.2, -0.15) is 0 Å². The highest BCUT2D eigenvalue weighted by Crippen LogP contribution is 2.36. The van der Waals surface area contributed by atoms with Crippen molar-refractivity contribution in [3.63, 3.8) is 0 Å². The Morgan fingerprint density at radius 2 is 0.970 bits per heavy atom. The van der Waals surface area contributed by atoms with Crippen LogP contribution in [-0.4, -0.2) is 115 Å². The number of esters is 7. The third-order valence-corrected chi connectivity index (χ3v) is 10.4. The van der Waals surface area contributed by atoms with Gasteiger partial charge in [0.15, 0.2) is 30.7 Å². The maximum absolute atomic E-state index is 14.0. The molecule has 17 nitrogen and oxygen atoms in total. The number of aliphatic hydroxyl groups excluding tert-OH is 1. The van der Waals surface area contributed by atoms with Gasteiger partial charge >= 0.3 is 41.8 Å². The minimum Gasteiger partial charge on any atom is -0.462 e. The molecule has 2 fully saturated rings. The zero-order valence-electron chi connectivity index (χ0n) is 37.6. The van der Waals surface area contributed by atoms with Crippen LogP contribution in [0.25, 0.3) is 0 Å². The fourth-order valence-corrected chi connectivity index (χ4v) is 6.69. The van der Waals surface area contributed by atoms with Crippen LogP contribution in [0.15, 0.2) is 121 Å². The van der Waals surface area contributed by atoms with Crippen molar-refractivity contribution in [3.05, 3.63) is 144 Å². The highest BCUT2D eigenvalue weighted by Gasteiger charge is 2.58. The van der Waals surface area contributed by atoms with Crippen LogP contribution in [0, 0.1) is 10.8 Å². The first-order valence-electron chi connectivity index (χ1n) is 21.4. The summed E-state index contributed by atoms with van der Waals surface area (Å²) in [7, 11) is 0. The van der Waals surface area contributed by atoms with Crippen LogP contribution in [0.2, 0.25) is 0 Å². The molecule has 4 aromatic carbocycles. The van der Waals surface area contributed by atoms with E-state index in [0.717, 1.165) is 0 Å². The monoisotopic (exact) mass is 924 g/mol. The van der Waals surface area contributed by atoms with Crippen LogP contribution >= 0.6 is 0 Å². The van der Waals surface area contributed by atoms with Crippen LogP contribution in [0.4, 0.5) is 0 Å². The number of hydrogen-bond acceptors (Lipinski definition) is 17. The first-order chi connectivity index (χ1) is 31.8. The standard InChI is InChI=1S/C50H52O17/c1-49(2,3)47(57)60-28-33(36-35(51)38(45(56)63-36)67-48(58)50(4,5)6)62-46-40(65-44(55)32-25-17-10-18-26-32)39(64-43(54)31-23-15-9-16-24-31)37(66-46)34(61-42(53)30-21-13-8-14-22-30)27-59-41(52)29-19-11-7-12-20-29/h7-26,33-40,46,51H,27-28H2,1-6H3/t33-,34-,35+,36+,37+,38-,39+,40-,46-/m1/s1. The summed E-state index contributed by atoms with van der Waals surface area (Å²) in [6, 6.07) is 31.2. The average Bonchev–Trinajstić information content (AvgIpc) is 3.79. The summed E-state index contributed by atoms with van der Waals surface area (Å²) in [5, 5.41) is 11.6. The lowest BCUT2D eigenvalue weighted by Crippen LogP contribution is -2.49. The lowest BCUT2D eigenvalue weighted by atomic mass is 9.97. The molecule has 9 atom stereocenters. The fourth-order valence-electron chi connectivity index (χ4n) is 6.69. The SMILES string of the molecule is CC(C)(C)C(=O)OC[C@@H](O[C@@H]1O[C@@H]([C@@H](COC(=O)c2ccccc2)OC(=O)c2ccccc2)[C@H](OC(=O)c2ccccc2)[C@H]1OC(=O)c1ccccc1)[C@@H]1OC(=O)[C@H](OC(=O)C(C)(C)C)[C@H]1O. The zero-order valence-corrected chi connectivity index (χ0v) is 37.6. The third kappa shape index (κ3) is 12.7. The van der Waals surface area contributed by atoms with E-state index in [0.29, 0.717) is 0 Å². The smallest absolute Gasteiger partial charge is 0.350 e. The molecule has 2 aliphatic heterocycles. The van der Waals surface area contributed by atoms with Crippen LogP contribution in [0.3, 0.4) is 0 Å². The topological polar surface area (TPSA) is 223 Å². The molecule has 0 radical (unpaired) electrons. The molecule has 0 spiro atoms. The predicted octanol–water partition coefficient (Wildman–Crippen LogP) is 5.46.